The van der Waals surface area contributed by atoms with Crippen molar-refractivity contribution in [1.29, 1.82) is 0 Å². The number of aliphatic hydroxyl groups excluding tert-OH is 1. The molecule has 1 aromatic carbocycles. The van der Waals surface area contributed by atoms with Crippen molar-refractivity contribution >= 4 is 5.82 Å². The third kappa shape index (κ3) is 2.81. The number of anilines is 1. The van der Waals surface area contributed by atoms with Gasteiger partial charge in [-0.1, -0.05) is 36.4 Å². The molecule has 0 aliphatic rings. The highest BCUT2D eigenvalue weighted by Gasteiger charge is 1.95. The van der Waals surface area contributed by atoms with Gasteiger partial charge in [-0.2, -0.15) is 0 Å². The van der Waals surface area contributed by atoms with E-state index in [4.69, 9.17) is 5.11 Å². The van der Waals surface area contributed by atoms with Crippen LogP contribution in [0.2, 0.25) is 0 Å². The summed E-state index contributed by atoms with van der Waals surface area (Å²) in [4.78, 5) is 4.19. The first-order valence-corrected chi connectivity index (χ1v) is 5.22. The Bertz CT molecular complexity index is 425. The van der Waals surface area contributed by atoms with Gasteiger partial charge in [0.05, 0.1) is 6.61 Å². The Kier molecular flexibility index (Phi) is 3.51. The molecule has 0 saturated carbocycles. The molecule has 0 aliphatic heterocycles. The number of hydrogen-bond donors (Lipinski definition) is 2. The van der Waals surface area contributed by atoms with E-state index in [1.165, 1.54) is 5.56 Å². The highest BCUT2D eigenvalue weighted by molar-refractivity contribution is 5.36. The molecular weight excluding hydrogens is 200 g/mol. The van der Waals surface area contributed by atoms with Crippen molar-refractivity contribution in [2.45, 2.75) is 13.2 Å². The second kappa shape index (κ2) is 5.28. The lowest BCUT2D eigenvalue weighted by Crippen LogP contribution is -2.01. The second-order valence-corrected chi connectivity index (χ2v) is 3.55. The number of rotatable bonds is 4. The maximum absolute atomic E-state index is 8.88. The second-order valence-electron chi connectivity index (χ2n) is 3.55. The van der Waals surface area contributed by atoms with Crippen molar-refractivity contribution in [2.75, 3.05) is 5.32 Å². The summed E-state index contributed by atoms with van der Waals surface area (Å²) in [5.41, 5.74) is 2.04. The zero-order valence-corrected chi connectivity index (χ0v) is 8.93. The molecule has 82 valence electrons. The van der Waals surface area contributed by atoms with Crippen molar-refractivity contribution < 1.29 is 5.11 Å². The van der Waals surface area contributed by atoms with Gasteiger partial charge in [-0.3, -0.25) is 0 Å². The lowest BCUT2D eigenvalue weighted by atomic mass is 10.2. The minimum Gasteiger partial charge on any atom is -0.392 e. The third-order valence-corrected chi connectivity index (χ3v) is 2.32. The van der Waals surface area contributed by atoms with Crippen LogP contribution < -0.4 is 5.32 Å². The van der Waals surface area contributed by atoms with Crippen LogP contribution in [0.5, 0.6) is 0 Å². The van der Waals surface area contributed by atoms with Crippen LogP contribution in [-0.4, -0.2) is 10.1 Å². The minimum absolute atomic E-state index is 0.0337. The first-order chi connectivity index (χ1) is 7.88. The molecule has 2 rings (SSSR count). The molecule has 0 radical (unpaired) electrons. The minimum atomic E-state index is 0.0337. The number of benzene rings is 1. The maximum Gasteiger partial charge on any atom is 0.126 e. The summed E-state index contributed by atoms with van der Waals surface area (Å²) >= 11 is 0. The molecule has 0 saturated heterocycles. The monoisotopic (exact) mass is 214 g/mol. The normalized spacial score (nSPS) is 10.1. The van der Waals surface area contributed by atoms with E-state index in [1.807, 2.05) is 30.3 Å². The molecule has 3 nitrogen and oxygen atoms in total. The Hall–Kier alpha value is -1.87. The largest absolute Gasteiger partial charge is 0.392 e. The average Bonchev–Trinajstić information content (AvgIpc) is 2.38. The smallest absolute Gasteiger partial charge is 0.126 e. The zero-order valence-electron chi connectivity index (χ0n) is 8.93. The molecule has 0 atom stereocenters. The summed E-state index contributed by atoms with van der Waals surface area (Å²) in [6.45, 7) is 0.790. The first kappa shape index (κ1) is 10.6. The predicted octanol–water partition coefficient (Wildman–Crippen LogP) is 2.19. The Labute approximate surface area is 94.8 Å². The molecule has 0 amide bonds. The van der Waals surface area contributed by atoms with Crippen molar-refractivity contribution in [2.24, 2.45) is 0 Å². The van der Waals surface area contributed by atoms with Gasteiger partial charge in [0.15, 0.2) is 0 Å². The first-order valence-electron chi connectivity index (χ1n) is 5.22. The Morgan fingerprint density at radius 3 is 2.44 bits per heavy atom. The summed E-state index contributed by atoms with van der Waals surface area (Å²) in [7, 11) is 0. The molecule has 0 bridgehead atoms. The molecule has 0 fully saturated rings. The van der Waals surface area contributed by atoms with Crippen molar-refractivity contribution in [3.63, 3.8) is 0 Å². The number of pyridine rings is 1. The van der Waals surface area contributed by atoms with Crippen LogP contribution in [0.4, 0.5) is 5.82 Å². The van der Waals surface area contributed by atoms with Crippen molar-refractivity contribution in [3.05, 3.63) is 59.8 Å². The summed E-state index contributed by atoms with van der Waals surface area (Å²) in [5, 5.41) is 12.1. The fourth-order valence-electron chi connectivity index (χ4n) is 1.41. The third-order valence-electron chi connectivity index (χ3n) is 2.32. The van der Waals surface area contributed by atoms with Crippen LogP contribution in [0.3, 0.4) is 0 Å². The number of aromatic nitrogens is 1. The molecule has 1 aromatic heterocycles. The van der Waals surface area contributed by atoms with Crippen LogP contribution in [0.15, 0.2) is 48.7 Å². The van der Waals surface area contributed by atoms with E-state index in [0.29, 0.717) is 0 Å². The number of nitrogens with zero attached hydrogens (tertiary/aromatic N) is 1. The topological polar surface area (TPSA) is 45.1 Å². The average molecular weight is 214 g/mol. The van der Waals surface area contributed by atoms with E-state index >= 15 is 0 Å². The molecule has 0 aliphatic carbocycles. The lowest BCUT2D eigenvalue weighted by molar-refractivity contribution is 0.281. The molecule has 0 spiro atoms. The van der Waals surface area contributed by atoms with Gasteiger partial charge in [0.2, 0.25) is 0 Å². The maximum atomic E-state index is 8.88. The SMILES string of the molecule is OCc1ccc(NCc2ccccc2)nc1. The van der Waals surface area contributed by atoms with E-state index < -0.39 is 0 Å². The lowest BCUT2D eigenvalue weighted by Gasteiger charge is -2.05. The molecule has 3 heteroatoms. The summed E-state index contributed by atoms with van der Waals surface area (Å²) in [6, 6.07) is 13.9. The van der Waals surface area contributed by atoms with Gasteiger partial charge in [0.25, 0.3) is 0 Å². The Morgan fingerprint density at radius 2 is 1.81 bits per heavy atom. The standard InChI is InChI=1S/C13H14N2O/c16-10-12-6-7-13(15-9-12)14-8-11-4-2-1-3-5-11/h1-7,9,16H,8,10H2,(H,14,15). The van der Waals surface area contributed by atoms with Gasteiger partial charge in [0.1, 0.15) is 5.82 Å². The van der Waals surface area contributed by atoms with E-state index in [0.717, 1.165) is 17.9 Å². The Balaban J connectivity index is 1.94. The number of aliphatic hydroxyl groups is 1. The number of hydrogen-bond acceptors (Lipinski definition) is 3. The van der Waals surface area contributed by atoms with E-state index in [9.17, 15) is 0 Å². The van der Waals surface area contributed by atoms with Gasteiger partial charge >= 0.3 is 0 Å². The fourth-order valence-corrected chi connectivity index (χ4v) is 1.41. The van der Waals surface area contributed by atoms with Crippen molar-refractivity contribution in [1.82, 2.24) is 4.98 Å². The Morgan fingerprint density at radius 1 is 1.00 bits per heavy atom. The van der Waals surface area contributed by atoms with E-state index in [-0.39, 0.29) is 6.61 Å². The molecule has 2 aromatic rings. The molecule has 0 unspecified atom stereocenters. The molecule has 16 heavy (non-hydrogen) atoms. The highest BCUT2D eigenvalue weighted by Crippen LogP contribution is 2.07. The highest BCUT2D eigenvalue weighted by atomic mass is 16.3. The van der Waals surface area contributed by atoms with Gasteiger partial charge in [0, 0.05) is 12.7 Å². The fraction of sp³-hybridized carbons (Fsp3) is 0.154. The summed E-state index contributed by atoms with van der Waals surface area (Å²) < 4.78 is 0. The van der Waals surface area contributed by atoms with Crippen LogP contribution in [-0.2, 0) is 13.2 Å². The van der Waals surface area contributed by atoms with Gasteiger partial charge in [-0.05, 0) is 17.2 Å². The van der Waals surface area contributed by atoms with Gasteiger partial charge < -0.3 is 10.4 Å². The van der Waals surface area contributed by atoms with Crippen LogP contribution >= 0.6 is 0 Å². The van der Waals surface area contributed by atoms with Gasteiger partial charge in [-0.15, -0.1) is 0 Å². The van der Waals surface area contributed by atoms with Crippen LogP contribution in [0, 0.1) is 0 Å². The van der Waals surface area contributed by atoms with E-state index in [1.54, 1.807) is 6.20 Å². The van der Waals surface area contributed by atoms with Crippen LogP contribution in [0.25, 0.3) is 0 Å². The quantitative estimate of drug-likeness (QED) is 0.820. The molecular formula is C13H14N2O. The van der Waals surface area contributed by atoms with Crippen molar-refractivity contribution in [3.8, 4) is 0 Å². The number of nitrogens with one attached hydrogen (secondary N) is 1. The summed E-state index contributed by atoms with van der Waals surface area (Å²) in [5.74, 6) is 0.820. The molecule has 1 heterocycles. The van der Waals surface area contributed by atoms with Crippen LogP contribution in [0.1, 0.15) is 11.1 Å². The molecule has 2 N–H and O–H groups in total. The van der Waals surface area contributed by atoms with E-state index in [2.05, 4.69) is 22.4 Å². The summed E-state index contributed by atoms with van der Waals surface area (Å²) in [6.07, 6.45) is 1.67. The predicted molar refractivity (Wildman–Crippen MR) is 63.9 cm³/mol. The van der Waals surface area contributed by atoms with Gasteiger partial charge in [-0.25, -0.2) is 4.98 Å². The zero-order chi connectivity index (χ0) is 11.2.